The van der Waals surface area contributed by atoms with Gasteiger partial charge in [-0.1, -0.05) is 0 Å². The molecule has 0 spiro atoms. The van der Waals surface area contributed by atoms with E-state index in [0.717, 1.165) is 37.8 Å². The Morgan fingerprint density at radius 2 is 2.04 bits per heavy atom. The molecule has 0 saturated carbocycles. The molecule has 134 valence electrons. The van der Waals surface area contributed by atoms with E-state index >= 15 is 0 Å². The fraction of sp³-hybridized carbons (Fsp3) is 0.375. The normalized spacial score (nSPS) is 14.7. The summed E-state index contributed by atoms with van der Waals surface area (Å²) in [5.41, 5.74) is 0. The van der Waals surface area contributed by atoms with Gasteiger partial charge < -0.3 is 9.64 Å². The summed E-state index contributed by atoms with van der Waals surface area (Å²) in [5, 5.41) is 0. The first-order valence-corrected chi connectivity index (χ1v) is 9.38. The fourth-order valence-corrected chi connectivity index (χ4v) is 3.64. The summed E-state index contributed by atoms with van der Waals surface area (Å²) >= 11 is 0. The van der Waals surface area contributed by atoms with Crippen LogP contribution in [0.25, 0.3) is 0 Å². The van der Waals surface area contributed by atoms with Gasteiger partial charge in [0, 0.05) is 19.3 Å². The standard InChI is InChI=1S/C16H19FN4O3S/c1-24-14-5-4-12(10-13(14)17)25(22,23)19-11-15-18-7-6-16(20-15)21-8-2-3-9-21/h4-7,10,19H,2-3,8-9,11H2,1H3. The summed E-state index contributed by atoms with van der Waals surface area (Å²) in [6.45, 7) is 1.80. The lowest BCUT2D eigenvalue weighted by Gasteiger charge is -2.16. The highest BCUT2D eigenvalue weighted by Gasteiger charge is 2.18. The van der Waals surface area contributed by atoms with E-state index in [4.69, 9.17) is 4.74 Å². The van der Waals surface area contributed by atoms with Crippen molar-refractivity contribution in [1.82, 2.24) is 14.7 Å². The maximum Gasteiger partial charge on any atom is 0.241 e. The number of methoxy groups -OCH3 is 1. The molecule has 0 atom stereocenters. The number of aromatic nitrogens is 2. The Bertz CT molecular complexity index is 854. The summed E-state index contributed by atoms with van der Waals surface area (Å²) in [5.74, 6) is 0.400. The zero-order chi connectivity index (χ0) is 17.9. The summed E-state index contributed by atoms with van der Waals surface area (Å²) in [6.07, 6.45) is 3.85. The van der Waals surface area contributed by atoms with Crippen molar-refractivity contribution in [2.24, 2.45) is 0 Å². The van der Waals surface area contributed by atoms with Gasteiger partial charge in [0.1, 0.15) is 11.6 Å². The van der Waals surface area contributed by atoms with Crippen LogP contribution >= 0.6 is 0 Å². The largest absolute Gasteiger partial charge is 0.494 e. The van der Waals surface area contributed by atoms with Crippen molar-refractivity contribution in [3.05, 3.63) is 42.1 Å². The zero-order valence-electron chi connectivity index (χ0n) is 13.8. The highest BCUT2D eigenvalue weighted by atomic mass is 32.2. The van der Waals surface area contributed by atoms with Crippen molar-refractivity contribution >= 4 is 15.8 Å². The van der Waals surface area contributed by atoms with Crippen molar-refractivity contribution in [1.29, 1.82) is 0 Å². The number of ether oxygens (including phenoxy) is 1. The van der Waals surface area contributed by atoms with Crippen LogP contribution in [0, 0.1) is 5.82 Å². The quantitative estimate of drug-likeness (QED) is 0.838. The van der Waals surface area contributed by atoms with Gasteiger partial charge in [0.2, 0.25) is 10.0 Å². The van der Waals surface area contributed by atoms with E-state index < -0.39 is 15.8 Å². The van der Waals surface area contributed by atoms with Crippen molar-refractivity contribution in [2.75, 3.05) is 25.1 Å². The van der Waals surface area contributed by atoms with Crippen molar-refractivity contribution in [3.63, 3.8) is 0 Å². The molecule has 1 aliphatic rings. The van der Waals surface area contributed by atoms with E-state index in [0.29, 0.717) is 5.82 Å². The molecule has 1 fully saturated rings. The molecule has 9 heteroatoms. The molecule has 1 saturated heterocycles. The van der Waals surface area contributed by atoms with Gasteiger partial charge in [0.25, 0.3) is 0 Å². The highest BCUT2D eigenvalue weighted by Crippen LogP contribution is 2.21. The van der Waals surface area contributed by atoms with Crippen LogP contribution < -0.4 is 14.4 Å². The second-order valence-electron chi connectivity index (χ2n) is 5.65. The topological polar surface area (TPSA) is 84.4 Å². The van der Waals surface area contributed by atoms with Crippen LogP contribution in [0.1, 0.15) is 18.7 Å². The van der Waals surface area contributed by atoms with Crippen LogP contribution in [0.2, 0.25) is 0 Å². The number of rotatable bonds is 6. The minimum absolute atomic E-state index is 0.0133. The van der Waals surface area contributed by atoms with Gasteiger partial charge in [-0.15, -0.1) is 0 Å². The number of benzene rings is 1. The molecule has 1 N–H and O–H groups in total. The van der Waals surface area contributed by atoms with E-state index in [2.05, 4.69) is 19.6 Å². The van der Waals surface area contributed by atoms with E-state index in [1.165, 1.54) is 19.2 Å². The molecule has 0 amide bonds. The van der Waals surface area contributed by atoms with Crippen LogP contribution in [-0.4, -0.2) is 38.6 Å². The molecule has 0 unspecified atom stereocenters. The lowest BCUT2D eigenvalue weighted by Crippen LogP contribution is -2.25. The predicted molar refractivity (Wildman–Crippen MR) is 90.5 cm³/mol. The fourth-order valence-electron chi connectivity index (χ4n) is 2.65. The summed E-state index contributed by atoms with van der Waals surface area (Å²) in [7, 11) is -2.56. The van der Waals surface area contributed by atoms with Crippen LogP contribution in [0.4, 0.5) is 10.2 Å². The molecule has 1 aromatic carbocycles. The monoisotopic (exact) mass is 366 g/mol. The average Bonchev–Trinajstić information content (AvgIpc) is 3.15. The van der Waals surface area contributed by atoms with Crippen molar-refractivity contribution < 1.29 is 17.5 Å². The van der Waals surface area contributed by atoms with Gasteiger partial charge >= 0.3 is 0 Å². The number of nitrogens with one attached hydrogen (secondary N) is 1. The predicted octanol–water partition coefficient (Wildman–Crippen LogP) is 1.70. The van der Waals surface area contributed by atoms with Crippen LogP contribution in [0.15, 0.2) is 35.4 Å². The number of anilines is 1. The van der Waals surface area contributed by atoms with Crippen molar-refractivity contribution in [2.45, 2.75) is 24.3 Å². The summed E-state index contributed by atoms with van der Waals surface area (Å²) in [4.78, 5) is 10.4. The molecule has 7 nitrogen and oxygen atoms in total. The molecule has 1 aliphatic heterocycles. The minimum atomic E-state index is -3.88. The smallest absolute Gasteiger partial charge is 0.241 e. The van der Waals surface area contributed by atoms with E-state index in [1.54, 1.807) is 6.20 Å². The van der Waals surface area contributed by atoms with Crippen LogP contribution in [0.3, 0.4) is 0 Å². The summed E-state index contributed by atoms with van der Waals surface area (Å²) in [6, 6.07) is 5.28. The molecule has 2 heterocycles. The van der Waals surface area contributed by atoms with Gasteiger partial charge in [0.05, 0.1) is 18.6 Å². The Labute approximate surface area is 145 Å². The molecule has 0 aliphatic carbocycles. The number of sulfonamides is 1. The molecule has 0 radical (unpaired) electrons. The van der Waals surface area contributed by atoms with E-state index in [1.807, 2.05) is 6.07 Å². The first kappa shape index (κ1) is 17.6. The van der Waals surface area contributed by atoms with E-state index in [-0.39, 0.29) is 17.2 Å². The molecular formula is C16H19FN4O3S. The molecule has 25 heavy (non-hydrogen) atoms. The number of nitrogens with zero attached hydrogens (tertiary/aromatic N) is 3. The second kappa shape index (κ2) is 7.32. The molecule has 2 aromatic rings. The van der Waals surface area contributed by atoms with Gasteiger partial charge in [-0.05, 0) is 37.1 Å². The van der Waals surface area contributed by atoms with Gasteiger partial charge in [-0.2, -0.15) is 0 Å². The molecule has 3 rings (SSSR count). The Morgan fingerprint density at radius 1 is 1.28 bits per heavy atom. The van der Waals surface area contributed by atoms with Gasteiger partial charge in [0.15, 0.2) is 11.6 Å². The second-order valence-corrected chi connectivity index (χ2v) is 7.41. The minimum Gasteiger partial charge on any atom is -0.494 e. The highest BCUT2D eigenvalue weighted by molar-refractivity contribution is 7.89. The third kappa shape index (κ3) is 4.05. The average molecular weight is 366 g/mol. The molecular weight excluding hydrogens is 347 g/mol. The Kier molecular flexibility index (Phi) is 5.14. The first-order chi connectivity index (χ1) is 12.0. The van der Waals surface area contributed by atoms with E-state index in [9.17, 15) is 12.8 Å². The lowest BCUT2D eigenvalue weighted by atomic mass is 10.3. The Hall–Kier alpha value is -2.26. The SMILES string of the molecule is COc1ccc(S(=O)(=O)NCc2nccc(N3CCCC3)n2)cc1F. The number of halogens is 1. The summed E-state index contributed by atoms with van der Waals surface area (Å²) < 4.78 is 45.5. The van der Waals surface area contributed by atoms with Gasteiger partial charge in [-0.3, -0.25) is 0 Å². The third-order valence-electron chi connectivity index (χ3n) is 3.97. The number of hydrogen-bond acceptors (Lipinski definition) is 6. The number of hydrogen-bond donors (Lipinski definition) is 1. The Morgan fingerprint density at radius 3 is 2.72 bits per heavy atom. The first-order valence-electron chi connectivity index (χ1n) is 7.90. The molecule has 1 aromatic heterocycles. The maximum absolute atomic E-state index is 13.7. The van der Waals surface area contributed by atoms with Crippen molar-refractivity contribution in [3.8, 4) is 5.75 Å². The van der Waals surface area contributed by atoms with Crippen LogP contribution in [-0.2, 0) is 16.6 Å². The van der Waals surface area contributed by atoms with Gasteiger partial charge in [-0.25, -0.2) is 27.5 Å². The lowest BCUT2D eigenvalue weighted by molar-refractivity contribution is 0.385. The molecule has 0 bridgehead atoms. The third-order valence-corrected chi connectivity index (χ3v) is 5.37. The maximum atomic E-state index is 13.7. The Balaban J connectivity index is 1.72. The van der Waals surface area contributed by atoms with Crippen LogP contribution in [0.5, 0.6) is 5.75 Å². The zero-order valence-corrected chi connectivity index (χ0v) is 14.6.